The molecule has 1 unspecified atom stereocenters. The Balaban J connectivity index is 1.97. The molecule has 0 radical (unpaired) electrons. The predicted octanol–water partition coefficient (Wildman–Crippen LogP) is 3.14. The van der Waals surface area contributed by atoms with Crippen LogP contribution in [0.25, 0.3) is 0 Å². The minimum Gasteiger partial charge on any atom is -0.496 e. The number of carbonyl (C=O) groups is 2. The van der Waals surface area contributed by atoms with Gasteiger partial charge in [0.15, 0.2) is 0 Å². The molecular weight excluding hydrogens is 350 g/mol. The number of aliphatic carboxylic acids is 1. The molecule has 1 saturated carbocycles. The van der Waals surface area contributed by atoms with Crippen molar-refractivity contribution in [1.82, 2.24) is 5.32 Å². The lowest BCUT2D eigenvalue weighted by Crippen LogP contribution is -2.32. The molecule has 2 rings (SSSR count). The van der Waals surface area contributed by atoms with Gasteiger partial charge in [-0.15, -0.1) is 0 Å². The molecule has 1 fully saturated rings. The zero-order valence-electron chi connectivity index (χ0n) is 12.6. The molecule has 1 amide bonds. The van der Waals surface area contributed by atoms with Gasteiger partial charge in [-0.25, -0.2) is 0 Å². The molecule has 0 heterocycles. The molecule has 1 aromatic rings. The Morgan fingerprint density at radius 3 is 2.59 bits per heavy atom. The molecule has 0 spiro atoms. The monoisotopic (exact) mass is 369 g/mol. The first-order chi connectivity index (χ1) is 10.4. The van der Waals surface area contributed by atoms with Crippen LogP contribution in [0.3, 0.4) is 0 Å². The van der Waals surface area contributed by atoms with Gasteiger partial charge < -0.3 is 15.2 Å². The number of rotatable bonds is 5. The van der Waals surface area contributed by atoms with Gasteiger partial charge >= 0.3 is 5.97 Å². The van der Waals surface area contributed by atoms with Crippen molar-refractivity contribution in [2.45, 2.75) is 32.2 Å². The summed E-state index contributed by atoms with van der Waals surface area (Å²) in [6.45, 7) is 1.91. The zero-order chi connectivity index (χ0) is 16.3. The summed E-state index contributed by atoms with van der Waals surface area (Å²) >= 11 is 3.43. The molecule has 1 aromatic carbocycles. The summed E-state index contributed by atoms with van der Waals surface area (Å²) < 4.78 is 6.02. The number of hydrogen-bond donors (Lipinski definition) is 2. The highest BCUT2D eigenvalue weighted by atomic mass is 79.9. The number of nitrogens with one attached hydrogen (secondary N) is 1. The van der Waals surface area contributed by atoms with Crippen LogP contribution in [0.4, 0.5) is 0 Å². The number of carbonyl (C=O) groups excluding carboxylic acids is 1. The van der Waals surface area contributed by atoms with E-state index in [1.165, 1.54) is 0 Å². The van der Waals surface area contributed by atoms with Gasteiger partial charge in [-0.05, 0) is 59.8 Å². The average molecular weight is 370 g/mol. The van der Waals surface area contributed by atoms with Crippen molar-refractivity contribution in [3.05, 3.63) is 28.2 Å². The zero-order valence-corrected chi connectivity index (χ0v) is 14.2. The Morgan fingerprint density at radius 1 is 1.36 bits per heavy atom. The summed E-state index contributed by atoms with van der Waals surface area (Å²) in [4.78, 5) is 23.2. The molecule has 0 aromatic heterocycles. The lowest BCUT2D eigenvalue weighted by atomic mass is 10.0. The van der Waals surface area contributed by atoms with Gasteiger partial charge in [-0.3, -0.25) is 9.59 Å². The quantitative estimate of drug-likeness (QED) is 0.835. The van der Waals surface area contributed by atoms with Crippen LogP contribution >= 0.6 is 15.9 Å². The summed E-state index contributed by atoms with van der Waals surface area (Å²) in [7, 11) is 1.60. The number of ether oxygens (including phenoxy) is 1. The second kappa shape index (κ2) is 7.13. The minimum atomic E-state index is -0.803. The van der Waals surface area contributed by atoms with E-state index in [1.54, 1.807) is 7.11 Å². The highest BCUT2D eigenvalue weighted by Crippen LogP contribution is 2.32. The Hall–Kier alpha value is -1.56. The fourth-order valence-corrected chi connectivity index (χ4v) is 3.37. The summed E-state index contributed by atoms with van der Waals surface area (Å²) in [6.07, 6.45) is 1.65. The van der Waals surface area contributed by atoms with Crippen molar-refractivity contribution in [3.8, 4) is 5.75 Å². The normalized spacial score (nSPS) is 22.1. The molecule has 0 saturated heterocycles. The van der Waals surface area contributed by atoms with E-state index >= 15 is 0 Å². The molecule has 5 nitrogen and oxygen atoms in total. The first kappa shape index (κ1) is 16.8. The summed E-state index contributed by atoms with van der Waals surface area (Å²) in [5.74, 6) is -0.723. The lowest BCUT2D eigenvalue weighted by Gasteiger charge is -2.18. The third kappa shape index (κ3) is 3.80. The maximum atomic E-state index is 12.3. The first-order valence-electron chi connectivity index (χ1n) is 7.29. The SMILES string of the molecule is COc1ccc(C(C)NC(=O)[C@@H]2CC[C@H](C(=O)O)C2)cc1Br. The van der Waals surface area contributed by atoms with E-state index in [0.29, 0.717) is 19.3 Å². The number of hydrogen-bond acceptors (Lipinski definition) is 3. The van der Waals surface area contributed by atoms with Crippen LogP contribution < -0.4 is 10.1 Å². The molecular formula is C16H20BrNO4. The van der Waals surface area contributed by atoms with E-state index in [9.17, 15) is 9.59 Å². The third-order valence-electron chi connectivity index (χ3n) is 4.19. The van der Waals surface area contributed by atoms with E-state index < -0.39 is 5.97 Å². The van der Waals surface area contributed by atoms with Crippen LogP contribution in [0, 0.1) is 11.8 Å². The number of benzene rings is 1. The van der Waals surface area contributed by atoms with Crippen molar-refractivity contribution in [2.75, 3.05) is 7.11 Å². The number of carboxylic acids is 1. The average Bonchev–Trinajstić information content (AvgIpc) is 2.97. The molecule has 22 heavy (non-hydrogen) atoms. The highest BCUT2D eigenvalue weighted by molar-refractivity contribution is 9.10. The van der Waals surface area contributed by atoms with E-state index in [0.717, 1.165) is 15.8 Å². The minimum absolute atomic E-state index is 0.0665. The number of methoxy groups -OCH3 is 1. The van der Waals surface area contributed by atoms with Crippen molar-refractivity contribution in [3.63, 3.8) is 0 Å². The van der Waals surface area contributed by atoms with Crippen LogP contribution in [-0.2, 0) is 9.59 Å². The Bertz CT molecular complexity index is 575. The van der Waals surface area contributed by atoms with Crippen LogP contribution in [0.1, 0.15) is 37.8 Å². The second-order valence-electron chi connectivity index (χ2n) is 5.67. The van der Waals surface area contributed by atoms with Gasteiger partial charge in [0.05, 0.1) is 23.5 Å². The van der Waals surface area contributed by atoms with E-state index in [-0.39, 0.29) is 23.8 Å². The van der Waals surface area contributed by atoms with Gasteiger partial charge in [0.2, 0.25) is 5.91 Å². The molecule has 6 heteroatoms. The highest BCUT2D eigenvalue weighted by Gasteiger charge is 2.34. The van der Waals surface area contributed by atoms with Gasteiger partial charge in [0.1, 0.15) is 5.75 Å². The maximum absolute atomic E-state index is 12.3. The van der Waals surface area contributed by atoms with Gasteiger partial charge in [0, 0.05) is 5.92 Å². The number of carboxylic acid groups (broad SMARTS) is 1. The largest absolute Gasteiger partial charge is 0.496 e. The maximum Gasteiger partial charge on any atom is 0.306 e. The van der Waals surface area contributed by atoms with Gasteiger partial charge in [0.25, 0.3) is 0 Å². The molecule has 0 aliphatic heterocycles. The van der Waals surface area contributed by atoms with Gasteiger partial charge in [-0.1, -0.05) is 6.07 Å². The van der Waals surface area contributed by atoms with Crippen LogP contribution in [0.5, 0.6) is 5.75 Å². The van der Waals surface area contributed by atoms with Crippen molar-refractivity contribution in [1.29, 1.82) is 0 Å². The van der Waals surface area contributed by atoms with Gasteiger partial charge in [-0.2, -0.15) is 0 Å². The standard InChI is InChI=1S/C16H20BrNO4/c1-9(10-5-6-14(22-2)13(17)8-10)18-15(19)11-3-4-12(7-11)16(20)21/h5-6,8-9,11-12H,3-4,7H2,1-2H3,(H,18,19)(H,20,21)/t9?,11-,12+/m1/s1. The predicted molar refractivity (Wildman–Crippen MR) is 85.7 cm³/mol. The summed E-state index contributed by atoms with van der Waals surface area (Å²) in [5.41, 5.74) is 0.966. The Labute approximate surface area is 138 Å². The number of halogens is 1. The van der Waals surface area contributed by atoms with Crippen LogP contribution in [0.2, 0.25) is 0 Å². The van der Waals surface area contributed by atoms with E-state index in [2.05, 4.69) is 21.2 Å². The Kier molecular flexibility index (Phi) is 5.45. The third-order valence-corrected chi connectivity index (χ3v) is 4.81. The molecule has 2 N–H and O–H groups in total. The molecule has 1 aliphatic carbocycles. The fourth-order valence-electron chi connectivity index (χ4n) is 2.81. The Morgan fingerprint density at radius 2 is 2.05 bits per heavy atom. The smallest absolute Gasteiger partial charge is 0.306 e. The topological polar surface area (TPSA) is 75.6 Å². The second-order valence-corrected chi connectivity index (χ2v) is 6.52. The molecule has 3 atom stereocenters. The van der Waals surface area contributed by atoms with E-state index in [1.807, 2.05) is 25.1 Å². The lowest BCUT2D eigenvalue weighted by molar-refractivity contribution is -0.141. The van der Waals surface area contributed by atoms with Crippen LogP contribution in [-0.4, -0.2) is 24.1 Å². The first-order valence-corrected chi connectivity index (χ1v) is 8.08. The van der Waals surface area contributed by atoms with Crippen molar-refractivity contribution < 1.29 is 19.4 Å². The van der Waals surface area contributed by atoms with Crippen LogP contribution in [0.15, 0.2) is 22.7 Å². The van der Waals surface area contributed by atoms with Crippen molar-refractivity contribution in [2.24, 2.45) is 11.8 Å². The molecule has 120 valence electrons. The summed E-state index contributed by atoms with van der Waals surface area (Å²) in [5, 5.41) is 12.0. The number of amides is 1. The van der Waals surface area contributed by atoms with Crippen molar-refractivity contribution >= 4 is 27.8 Å². The fraction of sp³-hybridized carbons (Fsp3) is 0.500. The molecule has 0 bridgehead atoms. The molecule has 1 aliphatic rings. The van der Waals surface area contributed by atoms with E-state index in [4.69, 9.17) is 9.84 Å². The summed E-state index contributed by atoms with van der Waals surface area (Å²) in [6, 6.07) is 5.53.